The van der Waals surface area contributed by atoms with Gasteiger partial charge in [-0.05, 0) is 30.5 Å². The van der Waals surface area contributed by atoms with Gasteiger partial charge in [-0.25, -0.2) is 0 Å². The SMILES string of the molecule is Cc1cccc(C(=O)NCCC(N)c2ccccc2)c1O. The van der Waals surface area contributed by atoms with Gasteiger partial charge < -0.3 is 16.2 Å². The van der Waals surface area contributed by atoms with Gasteiger partial charge in [0.2, 0.25) is 0 Å². The van der Waals surface area contributed by atoms with Gasteiger partial charge in [-0.3, -0.25) is 4.79 Å². The highest BCUT2D eigenvalue weighted by Crippen LogP contribution is 2.21. The summed E-state index contributed by atoms with van der Waals surface area (Å²) in [5.74, 6) is -0.251. The van der Waals surface area contributed by atoms with Gasteiger partial charge in [0.25, 0.3) is 5.91 Å². The lowest BCUT2D eigenvalue weighted by molar-refractivity contribution is 0.0949. The lowest BCUT2D eigenvalue weighted by Gasteiger charge is -2.13. The molecule has 4 N–H and O–H groups in total. The molecule has 4 nitrogen and oxygen atoms in total. The number of rotatable bonds is 5. The third-order valence-electron chi connectivity index (χ3n) is 3.45. The van der Waals surface area contributed by atoms with Crippen molar-refractivity contribution in [2.24, 2.45) is 5.73 Å². The highest BCUT2D eigenvalue weighted by Gasteiger charge is 2.12. The van der Waals surface area contributed by atoms with Crippen LogP contribution in [0, 0.1) is 6.92 Å². The maximum atomic E-state index is 12.0. The summed E-state index contributed by atoms with van der Waals surface area (Å²) in [6, 6.07) is 14.8. The number of nitrogens with two attached hydrogens (primary N) is 1. The van der Waals surface area contributed by atoms with E-state index < -0.39 is 0 Å². The van der Waals surface area contributed by atoms with Crippen LogP contribution in [0.5, 0.6) is 5.75 Å². The second-order valence-electron chi connectivity index (χ2n) is 5.03. The standard InChI is InChI=1S/C17H20N2O2/c1-12-6-5-9-14(16(12)20)17(21)19-11-10-15(18)13-7-3-2-4-8-13/h2-9,15,20H,10-11,18H2,1H3,(H,19,21). The van der Waals surface area contributed by atoms with Gasteiger partial charge in [0.1, 0.15) is 5.75 Å². The van der Waals surface area contributed by atoms with E-state index in [1.807, 2.05) is 30.3 Å². The first-order valence-corrected chi connectivity index (χ1v) is 6.97. The summed E-state index contributed by atoms with van der Waals surface area (Å²) in [6.45, 7) is 2.22. The lowest BCUT2D eigenvalue weighted by atomic mass is 10.0. The third kappa shape index (κ3) is 3.83. The van der Waals surface area contributed by atoms with Crippen LogP contribution < -0.4 is 11.1 Å². The van der Waals surface area contributed by atoms with Crippen molar-refractivity contribution < 1.29 is 9.90 Å². The Morgan fingerprint density at radius 1 is 1.19 bits per heavy atom. The molecule has 0 spiro atoms. The molecule has 0 saturated carbocycles. The molecule has 0 heterocycles. The molecule has 0 aliphatic rings. The Morgan fingerprint density at radius 2 is 1.90 bits per heavy atom. The highest BCUT2D eigenvalue weighted by molar-refractivity contribution is 5.97. The average molecular weight is 284 g/mol. The van der Waals surface area contributed by atoms with Crippen molar-refractivity contribution in [1.82, 2.24) is 5.32 Å². The van der Waals surface area contributed by atoms with Gasteiger partial charge in [-0.15, -0.1) is 0 Å². The number of amides is 1. The van der Waals surface area contributed by atoms with Crippen LogP contribution in [-0.2, 0) is 0 Å². The molecule has 0 saturated heterocycles. The van der Waals surface area contributed by atoms with Gasteiger partial charge >= 0.3 is 0 Å². The van der Waals surface area contributed by atoms with Crippen LogP contribution in [0.25, 0.3) is 0 Å². The van der Waals surface area contributed by atoms with Crippen LogP contribution in [0.2, 0.25) is 0 Å². The molecular weight excluding hydrogens is 264 g/mol. The van der Waals surface area contributed by atoms with Crippen molar-refractivity contribution in [3.05, 3.63) is 65.2 Å². The number of hydrogen-bond donors (Lipinski definition) is 3. The Morgan fingerprint density at radius 3 is 2.62 bits per heavy atom. The van der Waals surface area contributed by atoms with E-state index in [9.17, 15) is 9.90 Å². The van der Waals surface area contributed by atoms with Crippen LogP contribution in [0.4, 0.5) is 0 Å². The summed E-state index contributed by atoms with van der Waals surface area (Å²) in [5, 5.41) is 12.7. The molecule has 0 aliphatic heterocycles. The van der Waals surface area contributed by atoms with Crippen molar-refractivity contribution in [3.8, 4) is 5.75 Å². The third-order valence-corrected chi connectivity index (χ3v) is 3.45. The minimum atomic E-state index is -0.281. The highest BCUT2D eigenvalue weighted by atomic mass is 16.3. The molecule has 1 amide bonds. The predicted octanol–water partition coefficient (Wildman–Crippen LogP) is 2.52. The molecule has 2 aromatic rings. The van der Waals surface area contributed by atoms with E-state index in [1.165, 1.54) is 0 Å². The van der Waals surface area contributed by atoms with Gasteiger partial charge in [-0.2, -0.15) is 0 Å². The Kier molecular flexibility index (Phi) is 4.95. The fraction of sp³-hybridized carbons (Fsp3) is 0.235. The summed E-state index contributed by atoms with van der Waals surface area (Å²) in [4.78, 5) is 12.0. The minimum absolute atomic E-state index is 0.0300. The van der Waals surface area contributed by atoms with Crippen molar-refractivity contribution in [2.45, 2.75) is 19.4 Å². The molecule has 0 fully saturated rings. The van der Waals surface area contributed by atoms with Crippen LogP contribution in [-0.4, -0.2) is 17.6 Å². The molecule has 0 bridgehead atoms. The van der Waals surface area contributed by atoms with Gasteiger partial charge in [-0.1, -0.05) is 42.5 Å². The predicted molar refractivity (Wildman–Crippen MR) is 83.2 cm³/mol. The molecule has 2 rings (SSSR count). The van der Waals surface area contributed by atoms with Crippen LogP contribution in [0.15, 0.2) is 48.5 Å². The smallest absolute Gasteiger partial charge is 0.255 e. The van der Waals surface area contributed by atoms with Crippen molar-refractivity contribution in [3.63, 3.8) is 0 Å². The monoisotopic (exact) mass is 284 g/mol. The Hall–Kier alpha value is -2.33. The molecule has 0 aromatic heterocycles. The second-order valence-corrected chi connectivity index (χ2v) is 5.03. The maximum Gasteiger partial charge on any atom is 0.255 e. The van der Waals surface area contributed by atoms with E-state index in [0.717, 1.165) is 5.56 Å². The van der Waals surface area contributed by atoms with Gasteiger partial charge in [0.15, 0.2) is 0 Å². The van der Waals surface area contributed by atoms with Crippen molar-refractivity contribution >= 4 is 5.91 Å². The Labute approximate surface area is 124 Å². The largest absolute Gasteiger partial charge is 0.507 e. The van der Waals surface area contributed by atoms with Crippen LogP contribution in [0.1, 0.15) is 33.9 Å². The zero-order chi connectivity index (χ0) is 15.2. The number of nitrogens with one attached hydrogen (secondary N) is 1. The lowest BCUT2D eigenvalue weighted by Crippen LogP contribution is -2.27. The molecule has 1 atom stereocenters. The van der Waals surface area contributed by atoms with E-state index in [-0.39, 0.29) is 17.7 Å². The summed E-state index contributed by atoms with van der Waals surface area (Å²) >= 11 is 0. The van der Waals surface area contributed by atoms with E-state index in [1.54, 1.807) is 25.1 Å². The summed E-state index contributed by atoms with van der Waals surface area (Å²) < 4.78 is 0. The molecule has 21 heavy (non-hydrogen) atoms. The number of benzene rings is 2. The fourth-order valence-electron chi connectivity index (χ4n) is 2.15. The van der Waals surface area contributed by atoms with Crippen molar-refractivity contribution in [2.75, 3.05) is 6.54 Å². The number of para-hydroxylation sites is 1. The number of aryl methyl sites for hydroxylation is 1. The number of phenolic OH excluding ortho intramolecular Hbond substituents is 1. The Balaban J connectivity index is 1.89. The average Bonchev–Trinajstić information content (AvgIpc) is 2.50. The van der Waals surface area contributed by atoms with Gasteiger partial charge in [0.05, 0.1) is 5.56 Å². The summed E-state index contributed by atoms with van der Waals surface area (Å²) in [6.07, 6.45) is 0.641. The molecule has 4 heteroatoms. The molecule has 0 radical (unpaired) electrons. The number of hydrogen-bond acceptors (Lipinski definition) is 3. The topological polar surface area (TPSA) is 75.4 Å². The minimum Gasteiger partial charge on any atom is -0.507 e. The molecule has 1 unspecified atom stereocenters. The fourth-order valence-corrected chi connectivity index (χ4v) is 2.15. The molecule has 0 aliphatic carbocycles. The first-order chi connectivity index (χ1) is 10.1. The van der Waals surface area contributed by atoms with Gasteiger partial charge in [0, 0.05) is 12.6 Å². The number of aromatic hydroxyl groups is 1. The first kappa shape index (κ1) is 15.1. The van der Waals surface area contributed by atoms with Crippen molar-refractivity contribution in [1.29, 1.82) is 0 Å². The Bertz CT molecular complexity index is 611. The van der Waals surface area contributed by atoms with E-state index in [2.05, 4.69) is 5.32 Å². The normalized spacial score (nSPS) is 11.9. The number of carbonyl (C=O) groups is 1. The zero-order valence-electron chi connectivity index (χ0n) is 12.0. The quantitative estimate of drug-likeness (QED) is 0.789. The van der Waals surface area contributed by atoms with Crippen LogP contribution >= 0.6 is 0 Å². The maximum absolute atomic E-state index is 12.0. The molecule has 110 valence electrons. The van der Waals surface area contributed by atoms with E-state index >= 15 is 0 Å². The number of phenols is 1. The van der Waals surface area contributed by atoms with E-state index in [4.69, 9.17) is 5.73 Å². The molecule has 2 aromatic carbocycles. The van der Waals surface area contributed by atoms with E-state index in [0.29, 0.717) is 24.1 Å². The first-order valence-electron chi connectivity index (χ1n) is 6.97. The van der Waals surface area contributed by atoms with Crippen LogP contribution in [0.3, 0.4) is 0 Å². The zero-order valence-corrected chi connectivity index (χ0v) is 12.0. The second kappa shape index (κ2) is 6.90. The molecular formula is C17H20N2O2. The number of carbonyl (C=O) groups excluding carboxylic acids is 1. The summed E-state index contributed by atoms with van der Waals surface area (Å²) in [7, 11) is 0. The summed E-state index contributed by atoms with van der Waals surface area (Å²) in [5.41, 5.74) is 8.10.